The van der Waals surface area contributed by atoms with Gasteiger partial charge in [0.1, 0.15) is 0 Å². The summed E-state index contributed by atoms with van der Waals surface area (Å²) in [4.78, 5) is 4.31. The lowest BCUT2D eigenvalue weighted by Gasteiger charge is -2.05. The van der Waals surface area contributed by atoms with Gasteiger partial charge in [-0.25, -0.2) is 0 Å². The highest BCUT2D eigenvalue weighted by molar-refractivity contribution is 5.99. The second-order valence-electron chi connectivity index (χ2n) is 3.03. The Labute approximate surface area is 102 Å². The third-order valence-corrected chi connectivity index (χ3v) is 1.81. The lowest BCUT2D eigenvalue weighted by atomic mass is 10.0. The molecule has 0 amide bonds. The van der Waals surface area contributed by atoms with Gasteiger partial charge in [-0.2, -0.15) is 0 Å². The number of hydrogen-bond donors (Lipinski definition) is 0. The molecule has 0 aromatic rings. The number of hydrogen-bond acceptors (Lipinski definition) is 1. The van der Waals surface area contributed by atoms with E-state index in [9.17, 15) is 0 Å². The number of terminal acetylenes is 1. The first-order valence-corrected chi connectivity index (χ1v) is 5.79. The van der Waals surface area contributed by atoms with Gasteiger partial charge in [-0.3, -0.25) is 4.99 Å². The Bertz CT molecular complexity index is 248. The standard InChI is InChI=1S/C11H19N.C2H6.C2H2/c1-6-8-12-10(5)11(7-2)9(3)4;2*1-2/h6,8H,7H2,1-5H3;1-2H3;1-2H/b8-6-,12-10?;;. The second kappa shape index (κ2) is 16.2. The molecule has 0 heterocycles. The van der Waals surface area contributed by atoms with Crippen LogP contribution in [0.2, 0.25) is 0 Å². The molecule has 0 unspecified atom stereocenters. The monoisotopic (exact) mass is 221 g/mol. The van der Waals surface area contributed by atoms with E-state index in [0.29, 0.717) is 0 Å². The quantitative estimate of drug-likeness (QED) is 0.469. The number of aliphatic imine (C=N–C) groups is 1. The van der Waals surface area contributed by atoms with Crippen molar-refractivity contribution in [2.75, 3.05) is 0 Å². The minimum absolute atomic E-state index is 1.06. The summed E-state index contributed by atoms with van der Waals surface area (Å²) in [6.07, 6.45) is 12.9. The van der Waals surface area contributed by atoms with Crippen molar-refractivity contribution in [1.82, 2.24) is 0 Å². The first-order valence-electron chi connectivity index (χ1n) is 5.79. The molecule has 0 aliphatic heterocycles. The molecule has 0 saturated carbocycles. The van der Waals surface area contributed by atoms with Gasteiger partial charge in [0.2, 0.25) is 0 Å². The topological polar surface area (TPSA) is 12.4 Å². The second-order valence-corrected chi connectivity index (χ2v) is 3.03. The average molecular weight is 221 g/mol. The molecule has 92 valence electrons. The molecule has 0 spiro atoms. The van der Waals surface area contributed by atoms with Crippen LogP contribution in [0.25, 0.3) is 0 Å². The first kappa shape index (κ1) is 20.2. The zero-order valence-electron chi connectivity index (χ0n) is 12.0. The van der Waals surface area contributed by atoms with Gasteiger partial charge < -0.3 is 0 Å². The van der Waals surface area contributed by atoms with E-state index in [4.69, 9.17) is 0 Å². The van der Waals surface area contributed by atoms with E-state index >= 15 is 0 Å². The van der Waals surface area contributed by atoms with Crippen LogP contribution in [0.3, 0.4) is 0 Å². The lowest BCUT2D eigenvalue weighted by Crippen LogP contribution is -1.97. The first-order chi connectivity index (χ1) is 7.63. The summed E-state index contributed by atoms with van der Waals surface area (Å²) in [5, 5.41) is 0. The Balaban J connectivity index is -0.000000376. The van der Waals surface area contributed by atoms with Crippen LogP contribution in [0, 0.1) is 12.8 Å². The van der Waals surface area contributed by atoms with Crippen LogP contribution in [-0.2, 0) is 0 Å². The van der Waals surface area contributed by atoms with Crippen LogP contribution >= 0.6 is 0 Å². The van der Waals surface area contributed by atoms with Gasteiger partial charge >= 0.3 is 0 Å². The van der Waals surface area contributed by atoms with Crippen LogP contribution in [0.4, 0.5) is 0 Å². The summed E-state index contributed by atoms with van der Waals surface area (Å²) in [6, 6.07) is 0. The largest absolute Gasteiger partial charge is 0.262 e. The van der Waals surface area contributed by atoms with Crippen LogP contribution in [0.1, 0.15) is 54.9 Å². The Morgan fingerprint density at radius 1 is 1.12 bits per heavy atom. The number of nitrogens with zero attached hydrogens (tertiary/aromatic N) is 1. The van der Waals surface area contributed by atoms with E-state index in [0.717, 1.165) is 12.1 Å². The van der Waals surface area contributed by atoms with Crippen molar-refractivity contribution in [3.63, 3.8) is 0 Å². The highest BCUT2D eigenvalue weighted by Gasteiger charge is 1.99. The minimum atomic E-state index is 1.06. The van der Waals surface area contributed by atoms with Gasteiger partial charge in [0.05, 0.1) is 0 Å². The molecule has 0 atom stereocenters. The normalized spacial score (nSPS) is 9.69. The molecular formula is C15H27N. The molecule has 0 N–H and O–H groups in total. The molecular weight excluding hydrogens is 194 g/mol. The van der Waals surface area contributed by atoms with Gasteiger partial charge in [-0.05, 0) is 39.7 Å². The molecule has 0 aromatic heterocycles. The maximum atomic E-state index is 4.31. The van der Waals surface area contributed by atoms with Crippen molar-refractivity contribution >= 4 is 5.71 Å². The van der Waals surface area contributed by atoms with Gasteiger partial charge in [-0.1, -0.05) is 32.4 Å². The maximum absolute atomic E-state index is 4.31. The van der Waals surface area contributed by atoms with Crippen molar-refractivity contribution in [2.24, 2.45) is 4.99 Å². The van der Waals surface area contributed by atoms with Crippen molar-refractivity contribution in [1.29, 1.82) is 0 Å². The molecule has 0 radical (unpaired) electrons. The summed E-state index contributed by atoms with van der Waals surface area (Å²) in [7, 11) is 0. The van der Waals surface area contributed by atoms with Gasteiger partial charge in [0.25, 0.3) is 0 Å². The molecule has 0 aliphatic carbocycles. The van der Waals surface area contributed by atoms with Crippen LogP contribution in [0.5, 0.6) is 0 Å². The van der Waals surface area contributed by atoms with Crippen molar-refractivity contribution in [3.05, 3.63) is 23.4 Å². The van der Waals surface area contributed by atoms with E-state index in [-0.39, 0.29) is 0 Å². The molecule has 0 aromatic carbocycles. The van der Waals surface area contributed by atoms with Gasteiger partial charge in [0, 0.05) is 11.9 Å². The van der Waals surface area contributed by atoms with Crippen LogP contribution in [0.15, 0.2) is 28.4 Å². The SMILES string of the molecule is C#C.C/C=C\N=C(C)C(CC)=C(C)C.CC. The molecule has 1 nitrogen and oxygen atoms in total. The van der Waals surface area contributed by atoms with Gasteiger partial charge in [0.15, 0.2) is 0 Å². The summed E-state index contributed by atoms with van der Waals surface area (Å²) >= 11 is 0. The third kappa shape index (κ3) is 10.8. The molecule has 0 aliphatic rings. The highest BCUT2D eigenvalue weighted by atomic mass is 14.7. The van der Waals surface area contributed by atoms with Crippen LogP contribution < -0.4 is 0 Å². The highest BCUT2D eigenvalue weighted by Crippen LogP contribution is 2.10. The summed E-state index contributed by atoms with van der Waals surface area (Å²) in [5.41, 5.74) is 3.87. The van der Waals surface area contributed by atoms with E-state index in [2.05, 4.69) is 45.5 Å². The maximum Gasteiger partial charge on any atom is 0.0403 e. The third-order valence-electron chi connectivity index (χ3n) is 1.81. The Hall–Kier alpha value is -1.29. The van der Waals surface area contributed by atoms with Crippen molar-refractivity contribution < 1.29 is 0 Å². The Kier molecular flexibility index (Phi) is 20.4. The summed E-state index contributed by atoms with van der Waals surface area (Å²) < 4.78 is 0. The van der Waals surface area contributed by atoms with E-state index < -0.39 is 0 Å². The smallest absolute Gasteiger partial charge is 0.0403 e. The molecule has 0 saturated heterocycles. The number of allylic oxidation sites excluding steroid dienone is 3. The van der Waals surface area contributed by atoms with E-state index in [1.165, 1.54) is 11.1 Å². The zero-order valence-corrected chi connectivity index (χ0v) is 12.0. The Morgan fingerprint density at radius 3 is 1.81 bits per heavy atom. The molecule has 16 heavy (non-hydrogen) atoms. The molecule has 0 fully saturated rings. The summed E-state index contributed by atoms with van der Waals surface area (Å²) in [6.45, 7) is 14.5. The fraction of sp³-hybridized carbons (Fsp3) is 0.533. The molecule has 0 bridgehead atoms. The average Bonchev–Trinajstić information content (AvgIpc) is 2.32. The fourth-order valence-electron chi connectivity index (χ4n) is 1.24. The van der Waals surface area contributed by atoms with Crippen molar-refractivity contribution in [2.45, 2.75) is 54.9 Å². The molecule has 0 rings (SSSR count). The zero-order chi connectivity index (χ0) is 13.6. The van der Waals surface area contributed by atoms with Crippen LogP contribution in [-0.4, -0.2) is 5.71 Å². The fourth-order valence-corrected chi connectivity index (χ4v) is 1.24. The summed E-state index contributed by atoms with van der Waals surface area (Å²) in [5.74, 6) is 0. The lowest BCUT2D eigenvalue weighted by molar-refractivity contribution is 1.11. The van der Waals surface area contributed by atoms with E-state index in [1.54, 1.807) is 0 Å². The van der Waals surface area contributed by atoms with E-state index in [1.807, 2.05) is 33.0 Å². The predicted molar refractivity (Wildman–Crippen MR) is 77.8 cm³/mol. The predicted octanol–water partition coefficient (Wildman–Crippen LogP) is 5.00. The van der Waals surface area contributed by atoms with Gasteiger partial charge in [-0.15, -0.1) is 12.8 Å². The molecule has 1 heteroatoms. The van der Waals surface area contributed by atoms with Crippen molar-refractivity contribution in [3.8, 4) is 12.8 Å². The number of rotatable bonds is 3. The Morgan fingerprint density at radius 2 is 1.56 bits per heavy atom. The minimum Gasteiger partial charge on any atom is -0.262 e.